The predicted octanol–water partition coefficient (Wildman–Crippen LogP) is 0.968. The molecule has 2 aromatic rings. The minimum absolute atomic E-state index is 0.163. The van der Waals surface area contributed by atoms with Gasteiger partial charge in [-0.25, -0.2) is 9.97 Å². The molecule has 2 heterocycles. The Bertz CT molecular complexity index is 481. The molecule has 2 aromatic heterocycles. The number of hydrogen-bond donors (Lipinski definition) is 3. The van der Waals surface area contributed by atoms with Crippen LogP contribution < -0.4 is 5.32 Å². The van der Waals surface area contributed by atoms with E-state index in [9.17, 15) is 4.79 Å². The molecule has 0 bridgehead atoms. The highest BCUT2D eigenvalue weighted by atomic mass is 16.4. The van der Waals surface area contributed by atoms with Crippen LogP contribution in [0.5, 0.6) is 0 Å². The van der Waals surface area contributed by atoms with Gasteiger partial charge in [-0.3, -0.25) is 4.79 Å². The Labute approximate surface area is 91.4 Å². The van der Waals surface area contributed by atoms with Gasteiger partial charge in [0.2, 0.25) is 0 Å². The molecule has 0 unspecified atom stereocenters. The van der Waals surface area contributed by atoms with Crippen molar-refractivity contribution in [3.05, 3.63) is 30.9 Å². The standard InChI is InChI=1S/C10H10N4O2/c15-10(16)5-12-9-3-8(13-6-14-9)7-1-2-11-4-7/h1-4,6,11H,5H2,(H,15,16)(H,12,13,14). The van der Waals surface area contributed by atoms with Gasteiger partial charge in [-0.15, -0.1) is 0 Å². The van der Waals surface area contributed by atoms with Crippen molar-refractivity contribution in [2.75, 3.05) is 11.9 Å². The average molecular weight is 218 g/mol. The second kappa shape index (κ2) is 4.43. The van der Waals surface area contributed by atoms with Gasteiger partial charge in [0, 0.05) is 24.0 Å². The number of aromatic amines is 1. The number of nitrogens with zero attached hydrogens (tertiary/aromatic N) is 2. The molecule has 0 atom stereocenters. The number of nitrogens with one attached hydrogen (secondary N) is 2. The maximum atomic E-state index is 10.4. The number of aromatic nitrogens is 3. The third-order valence-electron chi connectivity index (χ3n) is 1.98. The molecule has 0 saturated carbocycles. The van der Waals surface area contributed by atoms with Gasteiger partial charge < -0.3 is 15.4 Å². The minimum Gasteiger partial charge on any atom is -0.480 e. The topological polar surface area (TPSA) is 90.9 Å². The van der Waals surface area contributed by atoms with Crippen molar-refractivity contribution in [1.82, 2.24) is 15.0 Å². The molecule has 82 valence electrons. The van der Waals surface area contributed by atoms with Crippen molar-refractivity contribution in [3.63, 3.8) is 0 Å². The largest absolute Gasteiger partial charge is 0.480 e. The van der Waals surface area contributed by atoms with Gasteiger partial charge in [0.05, 0.1) is 5.69 Å². The van der Waals surface area contributed by atoms with Crippen LogP contribution in [0.25, 0.3) is 11.3 Å². The van der Waals surface area contributed by atoms with E-state index in [0.29, 0.717) is 5.82 Å². The normalized spacial score (nSPS) is 10.0. The molecule has 0 radical (unpaired) electrons. The summed E-state index contributed by atoms with van der Waals surface area (Å²) in [5.74, 6) is -0.435. The lowest BCUT2D eigenvalue weighted by Gasteiger charge is -2.03. The molecule has 6 nitrogen and oxygen atoms in total. The highest BCUT2D eigenvalue weighted by Crippen LogP contribution is 2.17. The van der Waals surface area contributed by atoms with Crippen LogP contribution in [0.1, 0.15) is 0 Å². The van der Waals surface area contributed by atoms with E-state index < -0.39 is 5.97 Å². The highest BCUT2D eigenvalue weighted by Gasteiger charge is 2.03. The van der Waals surface area contributed by atoms with E-state index in [1.807, 2.05) is 12.3 Å². The first-order valence-corrected chi connectivity index (χ1v) is 4.66. The lowest BCUT2D eigenvalue weighted by Crippen LogP contribution is -2.13. The smallest absolute Gasteiger partial charge is 0.322 e. The molecular weight excluding hydrogens is 208 g/mol. The van der Waals surface area contributed by atoms with Crippen LogP contribution in [0, 0.1) is 0 Å². The maximum absolute atomic E-state index is 10.4. The van der Waals surface area contributed by atoms with Gasteiger partial charge in [-0.1, -0.05) is 0 Å². The Kier molecular flexibility index (Phi) is 2.81. The van der Waals surface area contributed by atoms with E-state index in [4.69, 9.17) is 5.11 Å². The number of rotatable bonds is 4. The Morgan fingerprint density at radius 3 is 3.06 bits per heavy atom. The molecule has 0 amide bonds. The summed E-state index contributed by atoms with van der Waals surface area (Å²) in [4.78, 5) is 21.3. The first kappa shape index (κ1) is 10.2. The van der Waals surface area contributed by atoms with Crippen molar-refractivity contribution in [3.8, 4) is 11.3 Å². The van der Waals surface area contributed by atoms with E-state index >= 15 is 0 Å². The zero-order valence-corrected chi connectivity index (χ0v) is 8.34. The van der Waals surface area contributed by atoms with E-state index in [-0.39, 0.29) is 6.54 Å². The molecule has 2 rings (SSSR count). The first-order chi connectivity index (χ1) is 7.75. The van der Waals surface area contributed by atoms with Crippen molar-refractivity contribution >= 4 is 11.8 Å². The van der Waals surface area contributed by atoms with Gasteiger partial charge in [0.25, 0.3) is 0 Å². The third kappa shape index (κ3) is 2.35. The molecule has 16 heavy (non-hydrogen) atoms. The second-order valence-corrected chi connectivity index (χ2v) is 3.14. The van der Waals surface area contributed by atoms with Crippen LogP contribution in [0.4, 0.5) is 5.82 Å². The fraction of sp³-hybridized carbons (Fsp3) is 0.100. The summed E-state index contributed by atoms with van der Waals surface area (Å²) in [6, 6.07) is 3.58. The summed E-state index contributed by atoms with van der Waals surface area (Å²) in [6.07, 6.45) is 5.00. The Hall–Kier alpha value is -2.37. The summed E-state index contributed by atoms with van der Waals surface area (Å²) in [6.45, 7) is -0.163. The second-order valence-electron chi connectivity index (χ2n) is 3.14. The van der Waals surface area contributed by atoms with E-state index in [0.717, 1.165) is 11.3 Å². The summed E-state index contributed by atoms with van der Waals surface area (Å²) in [5, 5.41) is 11.2. The van der Waals surface area contributed by atoms with Gasteiger partial charge in [-0.05, 0) is 6.07 Å². The fourth-order valence-corrected chi connectivity index (χ4v) is 1.26. The van der Waals surface area contributed by atoms with Crippen molar-refractivity contribution in [2.24, 2.45) is 0 Å². The van der Waals surface area contributed by atoms with Gasteiger partial charge in [-0.2, -0.15) is 0 Å². The summed E-state index contributed by atoms with van der Waals surface area (Å²) < 4.78 is 0. The predicted molar refractivity (Wildman–Crippen MR) is 57.9 cm³/mol. The van der Waals surface area contributed by atoms with E-state index in [1.165, 1.54) is 6.33 Å². The van der Waals surface area contributed by atoms with Gasteiger partial charge in [0.1, 0.15) is 18.7 Å². The Balaban J connectivity index is 2.17. The minimum atomic E-state index is -0.929. The molecule has 0 aliphatic rings. The molecule has 3 N–H and O–H groups in total. The van der Waals surface area contributed by atoms with Crippen LogP contribution in [0.15, 0.2) is 30.9 Å². The van der Waals surface area contributed by atoms with Gasteiger partial charge in [0.15, 0.2) is 0 Å². The molecule has 0 aliphatic carbocycles. The van der Waals surface area contributed by atoms with Crippen LogP contribution in [0.2, 0.25) is 0 Å². The molecule has 0 fully saturated rings. The van der Waals surface area contributed by atoms with Crippen molar-refractivity contribution < 1.29 is 9.90 Å². The summed E-state index contributed by atoms with van der Waals surface area (Å²) in [7, 11) is 0. The average Bonchev–Trinajstić information content (AvgIpc) is 2.80. The Morgan fingerprint density at radius 1 is 1.50 bits per heavy atom. The van der Waals surface area contributed by atoms with E-state index in [2.05, 4.69) is 20.3 Å². The summed E-state index contributed by atoms with van der Waals surface area (Å²) >= 11 is 0. The number of anilines is 1. The molecule has 0 aromatic carbocycles. The molecule has 0 saturated heterocycles. The van der Waals surface area contributed by atoms with Crippen molar-refractivity contribution in [2.45, 2.75) is 0 Å². The number of carboxylic acid groups (broad SMARTS) is 1. The van der Waals surface area contributed by atoms with Crippen LogP contribution in [-0.2, 0) is 4.79 Å². The maximum Gasteiger partial charge on any atom is 0.322 e. The zero-order valence-electron chi connectivity index (χ0n) is 8.34. The van der Waals surface area contributed by atoms with Crippen LogP contribution >= 0.6 is 0 Å². The fourth-order valence-electron chi connectivity index (χ4n) is 1.26. The quantitative estimate of drug-likeness (QED) is 0.711. The number of hydrogen-bond acceptors (Lipinski definition) is 4. The number of carboxylic acids is 1. The lowest BCUT2D eigenvalue weighted by atomic mass is 10.2. The highest BCUT2D eigenvalue weighted by molar-refractivity contribution is 5.72. The lowest BCUT2D eigenvalue weighted by molar-refractivity contribution is -0.134. The van der Waals surface area contributed by atoms with Gasteiger partial charge >= 0.3 is 5.97 Å². The van der Waals surface area contributed by atoms with E-state index in [1.54, 1.807) is 12.3 Å². The monoisotopic (exact) mass is 218 g/mol. The number of aliphatic carboxylic acids is 1. The molecule has 0 aliphatic heterocycles. The third-order valence-corrected chi connectivity index (χ3v) is 1.98. The van der Waals surface area contributed by atoms with Crippen molar-refractivity contribution in [1.29, 1.82) is 0 Å². The number of carbonyl (C=O) groups is 1. The Morgan fingerprint density at radius 2 is 2.38 bits per heavy atom. The summed E-state index contributed by atoms with van der Waals surface area (Å²) in [5.41, 5.74) is 1.67. The molecule has 6 heteroatoms. The molecule has 0 spiro atoms. The molecular formula is C10H10N4O2. The first-order valence-electron chi connectivity index (χ1n) is 4.66. The SMILES string of the molecule is O=C(O)CNc1cc(-c2cc[nH]c2)ncn1. The zero-order chi connectivity index (χ0) is 11.4. The van der Waals surface area contributed by atoms with Crippen LogP contribution in [0.3, 0.4) is 0 Å². The number of H-pyrrole nitrogens is 1. The van der Waals surface area contributed by atoms with Crippen LogP contribution in [-0.4, -0.2) is 32.6 Å².